The van der Waals surface area contributed by atoms with Crippen molar-refractivity contribution in [3.8, 4) is 0 Å². The fourth-order valence-corrected chi connectivity index (χ4v) is 0.906. The van der Waals surface area contributed by atoms with E-state index in [1.165, 1.54) is 12.8 Å². The molecule has 0 heterocycles. The van der Waals surface area contributed by atoms with Crippen LogP contribution in [0.5, 0.6) is 0 Å². The summed E-state index contributed by atoms with van der Waals surface area (Å²) in [5.74, 6) is 0. The molecule has 70 valence electrons. The van der Waals surface area contributed by atoms with E-state index < -0.39 is 0 Å². The van der Waals surface area contributed by atoms with E-state index in [9.17, 15) is 0 Å². The Morgan fingerprint density at radius 3 is 2.08 bits per heavy atom. The first-order chi connectivity index (χ1) is 5.56. The van der Waals surface area contributed by atoms with Crippen molar-refractivity contribution in [2.75, 3.05) is 0 Å². The molecular weight excluding hydrogens is 144 g/mol. The Hall–Kier alpha value is -0.520. The quantitative estimate of drug-likeness (QED) is 0.545. The van der Waals surface area contributed by atoms with Gasteiger partial charge in [0.05, 0.1) is 0 Å². The molecule has 0 atom stereocenters. The molecule has 0 aliphatic carbocycles. The third-order valence-electron chi connectivity index (χ3n) is 1.68. The predicted octanol–water partition coefficient (Wildman–Crippen LogP) is 4.34. The average Bonchev–Trinajstić information content (AvgIpc) is 1.94. The molecule has 0 heteroatoms. The molecule has 0 nitrogen and oxygen atoms in total. The van der Waals surface area contributed by atoms with Crippen LogP contribution in [0.25, 0.3) is 0 Å². The maximum Gasteiger partial charge on any atom is -0.0343 e. The van der Waals surface area contributed by atoms with Gasteiger partial charge in [-0.05, 0) is 24.7 Å². The van der Waals surface area contributed by atoms with E-state index in [0.717, 1.165) is 6.42 Å². The van der Waals surface area contributed by atoms with Gasteiger partial charge in [0.2, 0.25) is 0 Å². The van der Waals surface area contributed by atoms with Crippen LogP contribution in [0.1, 0.15) is 47.0 Å². The van der Waals surface area contributed by atoms with Crippen LogP contribution in [-0.2, 0) is 0 Å². The first kappa shape index (κ1) is 11.5. The molecule has 12 heavy (non-hydrogen) atoms. The van der Waals surface area contributed by atoms with E-state index in [4.69, 9.17) is 0 Å². The van der Waals surface area contributed by atoms with Gasteiger partial charge in [0.15, 0.2) is 0 Å². The lowest BCUT2D eigenvalue weighted by Crippen LogP contribution is -2.02. The fourth-order valence-electron chi connectivity index (χ4n) is 0.906. The summed E-state index contributed by atoms with van der Waals surface area (Å²) in [6.45, 7) is 8.99. The zero-order valence-corrected chi connectivity index (χ0v) is 8.93. The SMILES string of the molecule is CC/C=C/C=C/CCC(C)(C)C. The molecule has 0 saturated heterocycles. The van der Waals surface area contributed by atoms with Crippen LogP contribution < -0.4 is 0 Å². The van der Waals surface area contributed by atoms with Gasteiger partial charge in [-0.25, -0.2) is 0 Å². The Labute approximate surface area is 77.4 Å². The smallest absolute Gasteiger partial charge is 0.0343 e. The van der Waals surface area contributed by atoms with Gasteiger partial charge in [-0.2, -0.15) is 0 Å². The third-order valence-corrected chi connectivity index (χ3v) is 1.68. The minimum atomic E-state index is 0.471. The second kappa shape index (κ2) is 6.05. The molecular formula is C12H22. The Kier molecular flexibility index (Phi) is 5.79. The molecule has 0 aliphatic rings. The van der Waals surface area contributed by atoms with Crippen molar-refractivity contribution in [3.05, 3.63) is 24.3 Å². The van der Waals surface area contributed by atoms with Crippen LogP contribution in [0.2, 0.25) is 0 Å². The lowest BCUT2D eigenvalue weighted by Gasteiger charge is -2.15. The van der Waals surface area contributed by atoms with Crippen molar-refractivity contribution >= 4 is 0 Å². The summed E-state index contributed by atoms with van der Waals surface area (Å²) < 4.78 is 0. The van der Waals surface area contributed by atoms with Crippen LogP contribution in [0.3, 0.4) is 0 Å². The van der Waals surface area contributed by atoms with Crippen molar-refractivity contribution in [1.29, 1.82) is 0 Å². The largest absolute Gasteiger partial charge is 0.0848 e. The molecule has 0 radical (unpaired) electrons. The lowest BCUT2D eigenvalue weighted by atomic mass is 9.90. The second-order valence-corrected chi connectivity index (χ2v) is 4.36. The molecule has 0 aliphatic heterocycles. The van der Waals surface area contributed by atoms with E-state index in [2.05, 4.69) is 52.0 Å². The predicted molar refractivity (Wildman–Crippen MR) is 57.3 cm³/mol. The number of allylic oxidation sites excluding steroid dienone is 4. The summed E-state index contributed by atoms with van der Waals surface area (Å²) in [7, 11) is 0. The van der Waals surface area contributed by atoms with Crippen LogP contribution in [0.15, 0.2) is 24.3 Å². The highest BCUT2D eigenvalue weighted by atomic mass is 14.1. The molecule has 0 aromatic carbocycles. The van der Waals surface area contributed by atoms with Crippen LogP contribution >= 0.6 is 0 Å². The molecule has 0 spiro atoms. The fraction of sp³-hybridized carbons (Fsp3) is 0.667. The average molecular weight is 166 g/mol. The van der Waals surface area contributed by atoms with Crippen molar-refractivity contribution in [2.24, 2.45) is 5.41 Å². The number of hydrogen-bond acceptors (Lipinski definition) is 0. The van der Waals surface area contributed by atoms with E-state index >= 15 is 0 Å². The summed E-state index contributed by atoms with van der Waals surface area (Å²) in [6, 6.07) is 0. The highest BCUT2D eigenvalue weighted by Crippen LogP contribution is 2.20. The molecule has 0 N–H and O–H groups in total. The van der Waals surface area contributed by atoms with Crippen LogP contribution in [-0.4, -0.2) is 0 Å². The number of rotatable bonds is 4. The normalized spacial score (nSPS) is 13.3. The monoisotopic (exact) mass is 166 g/mol. The summed E-state index contributed by atoms with van der Waals surface area (Å²) in [4.78, 5) is 0. The molecule has 0 unspecified atom stereocenters. The Morgan fingerprint density at radius 1 is 1.00 bits per heavy atom. The van der Waals surface area contributed by atoms with Gasteiger partial charge < -0.3 is 0 Å². The first-order valence-corrected chi connectivity index (χ1v) is 4.88. The van der Waals surface area contributed by atoms with Gasteiger partial charge in [0.1, 0.15) is 0 Å². The lowest BCUT2D eigenvalue weighted by molar-refractivity contribution is 0.381. The maximum absolute atomic E-state index is 2.28. The molecule has 0 fully saturated rings. The van der Waals surface area contributed by atoms with Crippen LogP contribution in [0.4, 0.5) is 0 Å². The van der Waals surface area contributed by atoms with Crippen molar-refractivity contribution in [3.63, 3.8) is 0 Å². The maximum atomic E-state index is 2.28. The zero-order chi connectivity index (χ0) is 9.45. The molecule has 0 saturated carbocycles. The van der Waals surface area contributed by atoms with Gasteiger partial charge in [0.25, 0.3) is 0 Å². The molecule has 0 aromatic heterocycles. The summed E-state index contributed by atoms with van der Waals surface area (Å²) in [6.07, 6.45) is 12.3. The van der Waals surface area contributed by atoms with E-state index in [1.54, 1.807) is 0 Å². The summed E-state index contributed by atoms with van der Waals surface area (Å²) in [5.41, 5.74) is 0.471. The third kappa shape index (κ3) is 9.48. The Morgan fingerprint density at radius 2 is 1.58 bits per heavy atom. The van der Waals surface area contributed by atoms with Gasteiger partial charge >= 0.3 is 0 Å². The minimum Gasteiger partial charge on any atom is -0.0848 e. The highest BCUT2D eigenvalue weighted by Gasteiger charge is 2.06. The topological polar surface area (TPSA) is 0 Å². The van der Waals surface area contributed by atoms with Crippen molar-refractivity contribution < 1.29 is 0 Å². The van der Waals surface area contributed by atoms with Gasteiger partial charge in [-0.1, -0.05) is 52.0 Å². The molecule has 0 bridgehead atoms. The van der Waals surface area contributed by atoms with Crippen LogP contribution in [0, 0.1) is 5.41 Å². The summed E-state index contributed by atoms with van der Waals surface area (Å²) >= 11 is 0. The van der Waals surface area contributed by atoms with Gasteiger partial charge in [-0.15, -0.1) is 0 Å². The zero-order valence-electron chi connectivity index (χ0n) is 8.93. The van der Waals surface area contributed by atoms with E-state index in [0.29, 0.717) is 5.41 Å². The summed E-state index contributed by atoms with van der Waals surface area (Å²) in [5, 5.41) is 0. The van der Waals surface area contributed by atoms with Gasteiger partial charge in [0, 0.05) is 0 Å². The van der Waals surface area contributed by atoms with E-state index in [-0.39, 0.29) is 0 Å². The standard InChI is InChI=1S/C12H22/c1-5-6-7-8-9-10-11-12(2,3)4/h6-9H,5,10-11H2,1-4H3/b7-6+,9-8+. The highest BCUT2D eigenvalue weighted by molar-refractivity contribution is 5.02. The van der Waals surface area contributed by atoms with Gasteiger partial charge in [-0.3, -0.25) is 0 Å². The minimum absolute atomic E-state index is 0.471. The number of hydrogen-bond donors (Lipinski definition) is 0. The molecule has 0 aromatic rings. The molecule has 0 amide bonds. The Balaban J connectivity index is 3.43. The Bertz CT molecular complexity index is 144. The van der Waals surface area contributed by atoms with E-state index in [1.807, 2.05) is 0 Å². The van der Waals surface area contributed by atoms with Crippen molar-refractivity contribution in [2.45, 2.75) is 47.0 Å². The second-order valence-electron chi connectivity index (χ2n) is 4.36. The first-order valence-electron chi connectivity index (χ1n) is 4.88. The molecule has 0 rings (SSSR count). The van der Waals surface area contributed by atoms with Crippen molar-refractivity contribution in [1.82, 2.24) is 0 Å².